The van der Waals surface area contributed by atoms with Crippen LogP contribution in [-0.2, 0) is 14.6 Å². The lowest BCUT2D eigenvalue weighted by atomic mass is 9.93. The highest BCUT2D eigenvalue weighted by atomic mass is 32.2. The van der Waals surface area contributed by atoms with Gasteiger partial charge in [0.25, 0.3) is 5.22 Å². The SMILES string of the molecule is COc1ccc(-c2nnc(SCC(=O)N(C3CCCCC3)C3CCS(=O)(=O)C3)o2)cc1. The van der Waals surface area contributed by atoms with Crippen molar-refractivity contribution in [2.45, 2.75) is 55.8 Å². The van der Waals surface area contributed by atoms with E-state index in [0.717, 1.165) is 37.0 Å². The second kappa shape index (κ2) is 9.60. The molecule has 1 aromatic carbocycles. The van der Waals surface area contributed by atoms with Crippen molar-refractivity contribution in [2.75, 3.05) is 24.4 Å². The molecule has 10 heteroatoms. The van der Waals surface area contributed by atoms with Crippen LogP contribution >= 0.6 is 11.8 Å². The summed E-state index contributed by atoms with van der Waals surface area (Å²) in [7, 11) is -1.46. The second-order valence-electron chi connectivity index (χ2n) is 8.04. The molecule has 4 rings (SSSR count). The Balaban J connectivity index is 1.42. The van der Waals surface area contributed by atoms with E-state index in [4.69, 9.17) is 9.15 Å². The molecule has 1 saturated heterocycles. The highest BCUT2D eigenvalue weighted by Gasteiger charge is 2.38. The molecule has 2 heterocycles. The highest BCUT2D eigenvalue weighted by Crippen LogP contribution is 2.30. The van der Waals surface area contributed by atoms with E-state index >= 15 is 0 Å². The summed E-state index contributed by atoms with van der Waals surface area (Å²) < 4.78 is 34.9. The lowest BCUT2D eigenvalue weighted by Gasteiger charge is -2.38. The first-order chi connectivity index (χ1) is 14.9. The number of amides is 1. The van der Waals surface area contributed by atoms with Crippen molar-refractivity contribution in [3.8, 4) is 17.2 Å². The Labute approximate surface area is 186 Å². The van der Waals surface area contributed by atoms with E-state index in [-0.39, 0.29) is 35.2 Å². The van der Waals surface area contributed by atoms with E-state index in [1.165, 1.54) is 18.2 Å². The van der Waals surface area contributed by atoms with Gasteiger partial charge in [-0.1, -0.05) is 31.0 Å². The van der Waals surface area contributed by atoms with Crippen LogP contribution in [0.4, 0.5) is 0 Å². The molecule has 0 bridgehead atoms. The summed E-state index contributed by atoms with van der Waals surface area (Å²) >= 11 is 1.20. The number of hydrogen-bond acceptors (Lipinski definition) is 8. The number of hydrogen-bond donors (Lipinski definition) is 0. The largest absolute Gasteiger partial charge is 0.497 e. The number of thioether (sulfide) groups is 1. The van der Waals surface area contributed by atoms with E-state index < -0.39 is 9.84 Å². The Bertz CT molecular complexity index is 1000. The van der Waals surface area contributed by atoms with E-state index in [0.29, 0.717) is 17.5 Å². The monoisotopic (exact) mass is 465 g/mol. The lowest BCUT2D eigenvalue weighted by molar-refractivity contribution is -0.133. The average Bonchev–Trinajstić information content (AvgIpc) is 3.39. The summed E-state index contributed by atoms with van der Waals surface area (Å²) in [5, 5.41) is 8.44. The third kappa shape index (κ3) is 5.41. The lowest BCUT2D eigenvalue weighted by Crippen LogP contribution is -2.49. The molecule has 1 amide bonds. The summed E-state index contributed by atoms with van der Waals surface area (Å²) in [5.41, 5.74) is 0.770. The first-order valence-corrected chi connectivity index (χ1v) is 13.4. The fourth-order valence-corrected chi connectivity index (χ4v) is 6.72. The van der Waals surface area contributed by atoms with Crippen molar-refractivity contribution in [2.24, 2.45) is 0 Å². The topological polar surface area (TPSA) is 103 Å². The third-order valence-corrected chi connectivity index (χ3v) is 8.47. The molecule has 0 radical (unpaired) electrons. The third-order valence-electron chi connectivity index (χ3n) is 5.92. The van der Waals surface area contributed by atoms with Gasteiger partial charge in [0, 0.05) is 17.6 Å². The van der Waals surface area contributed by atoms with E-state index in [2.05, 4.69) is 10.2 Å². The van der Waals surface area contributed by atoms with Crippen LogP contribution in [0.1, 0.15) is 38.5 Å². The van der Waals surface area contributed by atoms with Crippen molar-refractivity contribution in [1.82, 2.24) is 15.1 Å². The van der Waals surface area contributed by atoms with Crippen molar-refractivity contribution in [3.05, 3.63) is 24.3 Å². The Hall–Kier alpha value is -2.07. The standard InChI is InChI=1S/C21H27N3O5S2/c1-28-18-9-7-15(8-10-18)20-22-23-21(29-20)30-13-19(25)24(16-5-3-2-4-6-16)17-11-12-31(26,27)14-17/h7-10,16-17H,2-6,11-14H2,1H3. The van der Waals surface area contributed by atoms with Crippen LogP contribution in [0.3, 0.4) is 0 Å². The summed E-state index contributed by atoms with van der Waals surface area (Å²) in [6.45, 7) is 0. The van der Waals surface area contributed by atoms with Crippen LogP contribution in [0.2, 0.25) is 0 Å². The number of rotatable bonds is 7. The van der Waals surface area contributed by atoms with Crippen molar-refractivity contribution in [3.63, 3.8) is 0 Å². The summed E-state index contributed by atoms with van der Waals surface area (Å²) in [6, 6.07) is 7.19. The fraction of sp³-hybridized carbons (Fsp3) is 0.571. The van der Waals surface area contributed by atoms with Gasteiger partial charge in [-0.2, -0.15) is 0 Å². The van der Waals surface area contributed by atoms with Crippen LogP contribution in [0.25, 0.3) is 11.5 Å². The van der Waals surface area contributed by atoms with Gasteiger partial charge in [-0.3, -0.25) is 4.79 Å². The van der Waals surface area contributed by atoms with Gasteiger partial charge in [-0.15, -0.1) is 10.2 Å². The maximum atomic E-state index is 13.2. The van der Waals surface area contributed by atoms with E-state index in [1.54, 1.807) is 7.11 Å². The first-order valence-electron chi connectivity index (χ1n) is 10.6. The normalized spacial score (nSPS) is 21.1. The van der Waals surface area contributed by atoms with Gasteiger partial charge in [-0.25, -0.2) is 8.42 Å². The number of carbonyl (C=O) groups excluding carboxylic acids is 1. The summed E-state index contributed by atoms with van der Waals surface area (Å²) in [6.07, 6.45) is 5.74. The molecule has 0 spiro atoms. The predicted octanol–water partition coefficient (Wildman–Crippen LogP) is 3.19. The number of nitrogens with zero attached hydrogens (tertiary/aromatic N) is 3. The summed E-state index contributed by atoms with van der Waals surface area (Å²) in [5.74, 6) is 1.45. The first kappa shape index (κ1) is 22.1. The molecular formula is C21H27N3O5S2. The van der Waals surface area contributed by atoms with Crippen molar-refractivity contribution >= 4 is 27.5 Å². The molecule has 168 valence electrons. The molecule has 1 aliphatic heterocycles. The molecule has 0 N–H and O–H groups in total. The van der Waals surface area contributed by atoms with Gasteiger partial charge < -0.3 is 14.1 Å². The summed E-state index contributed by atoms with van der Waals surface area (Å²) in [4.78, 5) is 15.0. The number of methoxy groups -OCH3 is 1. The zero-order valence-corrected chi connectivity index (χ0v) is 19.2. The van der Waals surface area contributed by atoms with Gasteiger partial charge in [0.05, 0.1) is 24.4 Å². The van der Waals surface area contributed by atoms with Gasteiger partial charge in [-0.05, 0) is 43.5 Å². The minimum atomic E-state index is -3.06. The van der Waals surface area contributed by atoms with Gasteiger partial charge >= 0.3 is 0 Å². The molecular weight excluding hydrogens is 438 g/mol. The molecule has 2 fully saturated rings. The molecule has 2 aromatic rings. The zero-order valence-electron chi connectivity index (χ0n) is 17.5. The van der Waals surface area contributed by atoms with Crippen LogP contribution in [0, 0.1) is 0 Å². The van der Waals surface area contributed by atoms with Crippen LogP contribution in [0.15, 0.2) is 33.9 Å². The maximum absolute atomic E-state index is 13.2. The quantitative estimate of drug-likeness (QED) is 0.575. The number of ether oxygens (including phenoxy) is 1. The molecule has 1 aliphatic carbocycles. The molecule has 2 aliphatic rings. The minimum absolute atomic E-state index is 0.0526. The Morgan fingerprint density at radius 3 is 2.52 bits per heavy atom. The predicted molar refractivity (Wildman–Crippen MR) is 118 cm³/mol. The second-order valence-corrected chi connectivity index (χ2v) is 11.2. The number of aromatic nitrogens is 2. The van der Waals surface area contributed by atoms with E-state index in [9.17, 15) is 13.2 Å². The van der Waals surface area contributed by atoms with Gasteiger partial charge in [0.1, 0.15) is 5.75 Å². The van der Waals surface area contributed by atoms with Crippen molar-refractivity contribution < 1.29 is 22.4 Å². The number of sulfone groups is 1. The molecule has 1 aromatic heterocycles. The van der Waals surface area contributed by atoms with Gasteiger partial charge in [0.2, 0.25) is 11.8 Å². The smallest absolute Gasteiger partial charge is 0.277 e. The van der Waals surface area contributed by atoms with Crippen LogP contribution in [0.5, 0.6) is 5.75 Å². The van der Waals surface area contributed by atoms with Crippen LogP contribution < -0.4 is 4.74 Å². The van der Waals surface area contributed by atoms with E-state index in [1.807, 2.05) is 29.2 Å². The minimum Gasteiger partial charge on any atom is -0.497 e. The Morgan fingerprint density at radius 2 is 1.87 bits per heavy atom. The van der Waals surface area contributed by atoms with Gasteiger partial charge in [0.15, 0.2) is 9.84 Å². The molecule has 1 atom stereocenters. The Morgan fingerprint density at radius 1 is 1.13 bits per heavy atom. The molecule has 8 nitrogen and oxygen atoms in total. The number of carbonyl (C=O) groups is 1. The maximum Gasteiger partial charge on any atom is 0.277 e. The average molecular weight is 466 g/mol. The zero-order chi connectivity index (χ0) is 21.8. The highest BCUT2D eigenvalue weighted by molar-refractivity contribution is 7.99. The fourth-order valence-electron chi connectivity index (χ4n) is 4.38. The molecule has 31 heavy (non-hydrogen) atoms. The Kier molecular flexibility index (Phi) is 6.86. The molecule has 1 saturated carbocycles. The van der Waals surface area contributed by atoms with Crippen LogP contribution in [-0.4, -0.2) is 65.9 Å². The molecule has 1 unspecified atom stereocenters. The number of benzene rings is 1. The van der Waals surface area contributed by atoms with Crippen molar-refractivity contribution in [1.29, 1.82) is 0 Å².